The second-order valence-electron chi connectivity index (χ2n) is 7.21. The predicted octanol–water partition coefficient (Wildman–Crippen LogP) is 4.99. The summed E-state index contributed by atoms with van der Waals surface area (Å²) < 4.78 is 2.07. The summed E-state index contributed by atoms with van der Waals surface area (Å²) in [6.07, 6.45) is 0.933. The molecule has 0 aliphatic carbocycles. The summed E-state index contributed by atoms with van der Waals surface area (Å²) in [6.45, 7) is 8.27. The van der Waals surface area contributed by atoms with Gasteiger partial charge in [-0.1, -0.05) is 54.6 Å². The summed E-state index contributed by atoms with van der Waals surface area (Å²) in [5, 5.41) is 12.0. The molecular weight excluding hydrogens is 396 g/mol. The Kier molecular flexibility index (Phi) is 7.05. The third kappa shape index (κ3) is 5.16. The van der Waals surface area contributed by atoms with E-state index >= 15 is 0 Å². The molecule has 0 saturated carbocycles. The van der Waals surface area contributed by atoms with E-state index in [4.69, 9.17) is 0 Å². The lowest BCUT2D eigenvalue weighted by atomic mass is 10.1. The predicted molar refractivity (Wildman–Crippen MR) is 121 cm³/mol. The van der Waals surface area contributed by atoms with Gasteiger partial charge < -0.3 is 9.88 Å². The molecule has 7 heteroatoms. The Balaban J connectivity index is 1.77. The first kappa shape index (κ1) is 21.8. The third-order valence-electron chi connectivity index (χ3n) is 4.63. The summed E-state index contributed by atoms with van der Waals surface area (Å²) in [7, 11) is 0. The van der Waals surface area contributed by atoms with Crippen molar-refractivity contribution in [3.05, 3.63) is 59.7 Å². The normalized spacial score (nSPS) is 11.9. The lowest BCUT2D eigenvalue weighted by Crippen LogP contribution is -2.23. The number of anilines is 1. The fraction of sp³-hybridized carbons (Fsp3) is 0.304. The number of rotatable bonds is 8. The van der Waals surface area contributed by atoms with Crippen molar-refractivity contribution in [1.29, 1.82) is 0 Å². The van der Waals surface area contributed by atoms with Gasteiger partial charge in [0.1, 0.15) is 0 Å². The Bertz CT molecular complexity index is 1060. The van der Waals surface area contributed by atoms with Crippen LogP contribution >= 0.6 is 11.8 Å². The van der Waals surface area contributed by atoms with Gasteiger partial charge in [-0.05, 0) is 45.4 Å². The number of nitrogens with one attached hydrogen (secondary N) is 1. The number of aryl methyl sites for hydroxylation is 1. The topological polar surface area (TPSA) is 76.9 Å². The smallest absolute Gasteiger partial charge is 0.237 e. The van der Waals surface area contributed by atoms with Gasteiger partial charge in [0, 0.05) is 23.4 Å². The molecule has 0 unspecified atom stereocenters. The zero-order valence-corrected chi connectivity index (χ0v) is 18.5. The highest BCUT2D eigenvalue weighted by Gasteiger charge is 2.21. The number of Topliss-reactive ketones (excluding diaryl/α,β-unsaturated/α-hetero) is 1. The zero-order valence-electron chi connectivity index (χ0n) is 17.7. The molecule has 2 aromatic carbocycles. The van der Waals surface area contributed by atoms with Crippen molar-refractivity contribution in [3.8, 4) is 11.4 Å². The highest BCUT2D eigenvalue weighted by molar-refractivity contribution is 8.00. The molecule has 1 aromatic heterocycles. The van der Waals surface area contributed by atoms with Gasteiger partial charge in [-0.3, -0.25) is 9.59 Å². The number of thioether (sulfide) groups is 1. The standard InChI is InChI=1S/C23H26N4O2S/c1-5-12-27-21(19-10-6-8-15(2)13-19)25-26-23(27)30-17(4)22(29)24-20-11-7-9-18(14-20)16(3)28/h6-11,13-14,17H,5,12H2,1-4H3,(H,24,29)/t17-/m1/s1. The summed E-state index contributed by atoms with van der Waals surface area (Å²) in [6, 6.07) is 15.1. The first-order chi connectivity index (χ1) is 14.4. The molecule has 0 aliphatic rings. The minimum atomic E-state index is -0.379. The average molecular weight is 423 g/mol. The fourth-order valence-electron chi connectivity index (χ4n) is 3.07. The summed E-state index contributed by atoms with van der Waals surface area (Å²) in [5.41, 5.74) is 3.35. The van der Waals surface area contributed by atoms with Crippen molar-refractivity contribution in [3.63, 3.8) is 0 Å². The van der Waals surface area contributed by atoms with Crippen LogP contribution in [0.1, 0.15) is 43.1 Å². The molecule has 3 rings (SSSR count). The van der Waals surface area contributed by atoms with Gasteiger partial charge in [-0.2, -0.15) is 0 Å². The number of ketones is 1. The highest BCUT2D eigenvalue weighted by Crippen LogP contribution is 2.28. The van der Waals surface area contributed by atoms with E-state index < -0.39 is 0 Å². The Morgan fingerprint density at radius 3 is 2.60 bits per heavy atom. The van der Waals surface area contributed by atoms with E-state index in [1.54, 1.807) is 24.3 Å². The van der Waals surface area contributed by atoms with E-state index in [9.17, 15) is 9.59 Å². The largest absolute Gasteiger partial charge is 0.325 e. The summed E-state index contributed by atoms with van der Waals surface area (Å²) >= 11 is 1.38. The second-order valence-corrected chi connectivity index (χ2v) is 8.52. The maximum Gasteiger partial charge on any atom is 0.237 e. The van der Waals surface area contributed by atoms with Crippen LogP contribution in [0.15, 0.2) is 53.7 Å². The molecule has 0 spiro atoms. The Labute approximate surface area is 181 Å². The summed E-state index contributed by atoms with van der Waals surface area (Å²) in [4.78, 5) is 24.3. The lowest BCUT2D eigenvalue weighted by molar-refractivity contribution is -0.115. The minimum absolute atomic E-state index is 0.0372. The maximum absolute atomic E-state index is 12.7. The van der Waals surface area contributed by atoms with E-state index in [1.165, 1.54) is 18.7 Å². The first-order valence-electron chi connectivity index (χ1n) is 9.97. The van der Waals surface area contributed by atoms with Gasteiger partial charge in [0.15, 0.2) is 16.8 Å². The van der Waals surface area contributed by atoms with Gasteiger partial charge in [0.2, 0.25) is 5.91 Å². The second kappa shape index (κ2) is 9.71. The molecule has 0 aliphatic heterocycles. The molecule has 1 heterocycles. The number of amides is 1. The summed E-state index contributed by atoms with van der Waals surface area (Å²) in [5.74, 6) is 0.624. The van der Waals surface area contributed by atoms with Crippen LogP contribution in [0.2, 0.25) is 0 Å². The maximum atomic E-state index is 12.7. The third-order valence-corrected chi connectivity index (χ3v) is 5.71. The fourth-order valence-corrected chi connectivity index (χ4v) is 3.95. The quantitative estimate of drug-likeness (QED) is 0.409. The number of hydrogen-bond acceptors (Lipinski definition) is 5. The lowest BCUT2D eigenvalue weighted by Gasteiger charge is -2.14. The molecular formula is C23H26N4O2S. The molecule has 1 atom stereocenters. The van der Waals surface area contributed by atoms with Crippen molar-refractivity contribution in [2.75, 3.05) is 5.32 Å². The number of hydrogen-bond donors (Lipinski definition) is 1. The molecule has 1 amide bonds. The van der Waals surface area contributed by atoms with E-state index in [-0.39, 0.29) is 16.9 Å². The SMILES string of the molecule is CCCn1c(S[C@H](C)C(=O)Nc2cccc(C(C)=O)c2)nnc1-c1cccc(C)c1. The molecule has 0 fully saturated rings. The molecule has 6 nitrogen and oxygen atoms in total. The zero-order chi connectivity index (χ0) is 21.7. The van der Waals surface area contributed by atoms with E-state index in [0.29, 0.717) is 16.4 Å². The number of carbonyl (C=O) groups excluding carboxylic acids is 2. The van der Waals surface area contributed by atoms with Crippen LogP contribution in [0, 0.1) is 6.92 Å². The molecule has 30 heavy (non-hydrogen) atoms. The monoisotopic (exact) mass is 422 g/mol. The van der Waals surface area contributed by atoms with Crippen LogP contribution in [0.25, 0.3) is 11.4 Å². The van der Waals surface area contributed by atoms with Crippen LogP contribution in [-0.4, -0.2) is 31.7 Å². The molecule has 0 bridgehead atoms. The Hall–Kier alpha value is -2.93. The van der Waals surface area contributed by atoms with Crippen molar-refractivity contribution < 1.29 is 9.59 Å². The molecule has 1 N–H and O–H groups in total. The van der Waals surface area contributed by atoms with Crippen LogP contribution in [0.5, 0.6) is 0 Å². The Morgan fingerprint density at radius 2 is 1.90 bits per heavy atom. The van der Waals surface area contributed by atoms with Crippen LogP contribution in [0.4, 0.5) is 5.69 Å². The van der Waals surface area contributed by atoms with Gasteiger partial charge in [-0.15, -0.1) is 10.2 Å². The number of carbonyl (C=O) groups is 2. The van der Waals surface area contributed by atoms with E-state index in [0.717, 1.165) is 29.9 Å². The van der Waals surface area contributed by atoms with Crippen molar-refractivity contribution in [1.82, 2.24) is 14.8 Å². The molecule has 0 radical (unpaired) electrons. The van der Waals surface area contributed by atoms with Crippen LogP contribution in [0.3, 0.4) is 0 Å². The number of nitrogens with zero attached hydrogens (tertiary/aromatic N) is 3. The molecule has 0 saturated heterocycles. The average Bonchev–Trinajstić information content (AvgIpc) is 3.10. The van der Waals surface area contributed by atoms with Crippen molar-refractivity contribution in [2.45, 2.75) is 51.1 Å². The van der Waals surface area contributed by atoms with Gasteiger partial charge >= 0.3 is 0 Å². The van der Waals surface area contributed by atoms with Gasteiger partial charge in [0.05, 0.1) is 5.25 Å². The van der Waals surface area contributed by atoms with E-state index in [2.05, 4.69) is 33.1 Å². The van der Waals surface area contributed by atoms with Crippen LogP contribution < -0.4 is 5.32 Å². The highest BCUT2D eigenvalue weighted by atomic mass is 32.2. The van der Waals surface area contributed by atoms with E-state index in [1.807, 2.05) is 32.0 Å². The number of aromatic nitrogens is 3. The molecule has 3 aromatic rings. The van der Waals surface area contributed by atoms with Crippen LogP contribution in [-0.2, 0) is 11.3 Å². The van der Waals surface area contributed by atoms with Gasteiger partial charge in [0.25, 0.3) is 0 Å². The number of benzene rings is 2. The first-order valence-corrected chi connectivity index (χ1v) is 10.9. The van der Waals surface area contributed by atoms with Gasteiger partial charge in [-0.25, -0.2) is 0 Å². The van der Waals surface area contributed by atoms with Crippen molar-refractivity contribution in [2.24, 2.45) is 0 Å². The molecule has 156 valence electrons. The van der Waals surface area contributed by atoms with Crippen molar-refractivity contribution >= 4 is 29.1 Å². The minimum Gasteiger partial charge on any atom is -0.325 e. The Morgan fingerprint density at radius 1 is 1.13 bits per heavy atom.